The average molecular weight is 347 g/mol. The van der Waals surface area contributed by atoms with Crippen molar-refractivity contribution < 1.29 is 4.79 Å². The maximum Gasteiger partial charge on any atom is 0.250 e. The largest absolute Gasteiger partial charge is 0.297 e. The smallest absolute Gasteiger partial charge is 0.250 e. The third-order valence-corrected chi connectivity index (χ3v) is 5.02. The third kappa shape index (κ3) is 4.00. The van der Waals surface area contributed by atoms with E-state index in [1.807, 2.05) is 36.4 Å². The lowest BCUT2D eigenvalue weighted by Gasteiger charge is -2.02. The first-order chi connectivity index (χ1) is 12.3. The minimum absolute atomic E-state index is 0.191. The highest BCUT2D eigenvalue weighted by molar-refractivity contribution is 7.15. The van der Waals surface area contributed by atoms with Gasteiger partial charge in [-0.25, -0.2) is 0 Å². The number of carbonyl (C=O) groups excluding carboxylic acids is 1. The van der Waals surface area contributed by atoms with Gasteiger partial charge < -0.3 is 0 Å². The normalized spacial score (nSPS) is 13.9. The Labute approximate surface area is 150 Å². The van der Waals surface area contributed by atoms with Gasteiger partial charge in [-0.3, -0.25) is 10.1 Å². The molecule has 4 nitrogen and oxygen atoms in total. The van der Waals surface area contributed by atoms with Crippen molar-refractivity contribution in [1.29, 1.82) is 0 Å². The number of amides is 1. The molecule has 1 N–H and O–H groups in total. The summed E-state index contributed by atoms with van der Waals surface area (Å²) in [5, 5.41) is 12.5. The van der Waals surface area contributed by atoms with Gasteiger partial charge >= 0.3 is 0 Å². The second kappa shape index (κ2) is 6.99. The molecule has 3 aromatic rings. The molecule has 1 amide bonds. The maximum atomic E-state index is 12.1. The summed E-state index contributed by atoms with van der Waals surface area (Å²) in [7, 11) is 0. The van der Waals surface area contributed by atoms with Crippen LogP contribution in [0.4, 0.5) is 5.13 Å². The average Bonchev–Trinajstić information content (AvgIpc) is 3.41. The molecule has 0 atom stereocenters. The monoisotopic (exact) mass is 347 g/mol. The minimum Gasteiger partial charge on any atom is -0.297 e. The lowest BCUT2D eigenvalue weighted by Crippen LogP contribution is -2.07. The second-order valence-corrected chi connectivity index (χ2v) is 7.04. The van der Waals surface area contributed by atoms with Crippen LogP contribution < -0.4 is 5.32 Å². The van der Waals surface area contributed by atoms with E-state index in [2.05, 4.69) is 39.8 Å². The summed E-state index contributed by atoms with van der Waals surface area (Å²) < 4.78 is 0. The molecule has 0 bridgehead atoms. The van der Waals surface area contributed by atoms with Gasteiger partial charge in [-0.1, -0.05) is 59.9 Å². The van der Waals surface area contributed by atoms with Crippen LogP contribution in [0.25, 0.3) is 17.2 Å². The molecule has 4 rings (SSSR count). The summed E-state index contributed by atoms with van der Waals surface area (Å²) in [5.41, 5.74) is 3.26. The SMILES string of the molecule is O=C(/C=C/c1cccc(-c2ccccc2)c1)Nc1nnc(C2CC2)s1. The third-order valence-electron chi connectivity index (χ3n) is 4.02. The molecule has 5 heteroatoms. The van der Waals surface area contributed by atoms with Gasteiger partial charge in [0.2, 0.25) is 11.0 Å². The molecule has 1 aliphatic carbocycles. The van der Waals surface area contributed by atoms with E-state index in [4.69, 9.17) is 0 Å². The molecule has 1 fully saturated rings. The zero-order chi connectivity index (χ0) is 17.1. The van der Waals surface area contributed by atoms with Crippen LogP contribution in [0.5, 0.6) is 0 Å². The van der Waals surface area contributed by atoms with E-state index >= 15 is 0 Å². The standard InChI is InChI=1S/C20H17N3OS/c24-18(21-20-23-22-19(25-20)16-10-11-16)12-9-14-5-4-8-17(13-14)15-6-2-1-3-7-15/h1-9,12-13,16H,10-11H2,(H,21,23,24)/b12-9+. The lowest BCUT2D eigenvalue weighted by molar-refractivity contribution is -0.111. The molecular weight excluding hydrogens is 330 g/mol. The number of nitrogens with one attached hydrogen (secondary N) is 1. The Morgan fingerprint density at radius 2 is 1.84 bits per heavy atom. The van der Waals surface area contributed by atoms with Crippen LogP contribution in [0.1, 0.15) is 29.3 Å². The van der Waals surface area contributed by atoms with Crippen molar-refractivity contribution in [2.24, 2.45) is 0 Å². The van der Waals surface area contributed by atoms with Crippen LogP contribution in [-0.2, 0) is 4.79 Å². The van der Waals surface area contributed by atoms with Gasteiger partial charge in [0, 0.05) is 12.0 Å². The fourth-order valence-electron chi connectivity index (χ4n) is 2.55. The molecule has 124 valence electrons. The Hall–Kier alpha value is -2.79. The first-order valence-corrected chi connectivity index (χ1v) is 9.07. The topological polar surface area (TPSA) is 54.9 Å². The quantitative estimate of drug-likeness (QED) is 0.679. The van der Waals surface area contributed by atoms with Gasteiger partial charge in [0.05, 0.1) is 0 Å². The van der Waals surface area contributed by atoms with E-state index in [1.165, 1.54) is 30.3 Å². The van der Waals surface area contributed by atoms with Crippen LogP contribution in [0.2, 0.25) is 0 Å². The number of benzene rings is 2. The molecule has 0 radical (unpaired) electrons. The Morgan fingerprint density at radius 3 is 2.64 bits per heavy atom. The number of hydrogen-bond acceptors (Lipinski definition) is 4. The Kier molecular flexibility index (Phi) is 4.39. The molecule has 0 unspecified atom stereocenters. The highest BCUT2D eigenvalue weighted by Gasteiger charge is 2.27. The van der Waals surface area contributed by atoms with Gasteiger partial charge in [-0.2, -0.15) is 0 Å². The van der Waals surface area contributed by atoms with E-state index in [9.17, 15) is 4.79 Å². The maximum absolute atomic E-state index is 12.1. The molecule has 2 aromatic carbocycles. The lowest BCUT2D eigenvalue weighted by atomic mass is 10.0. The number of anilines is 1. The van der Waals surface area contributed by atoms with E-state index in [-0.39, 0.29) is 5.91 Å². The number of aromatic nitrogens is 2. The summed E-state index contributed by atoms with van der Waals surface area (Å²) in [6.07, 6.45) is 5.70. The molecule has 0 spiro atoms. The molecule has 1 saturated carbocycles. The van der Waals surface area contributed by atoms with Crippen molar-refractivity contribution in [3.8, 4) is 11.1 Å². The van der Waals surface area contributed by atoms with E-state index in [0.717, 1.165) is 21.7 Å². The van der Waals surface area contributed by atoms with Crippen LogP contribution in [-0.4, -0.2) is 16.1 Å². The van der Waals surface area contributed by atoms with Crippen molar-refractivity contribution in [3.05, 3.63) is 71.2 Å². The number of carbonyl (C=O) groups is 1. The predicted molar refractivity (Wildman–Crippen MR) is 101 cm³/mol. The van der Waals surface area contributed by atoms with Crippen molar-refractivity contribution in [3.63, 3.8) is 0 Å². The summed E-state index contributed by atoms with van der Waals surface area (Å²) in [5.74, 6) is 0.364. The van der Waals surface area contributed by atoms with E-state index < -0.39 is 0 Å². The molecule has 25 heavy (non-hydrogen) atoms. The second-order valence-electron chi connectivity index (χ2n) is 6.03. The van der Waals surface area contributed by atoms with Crippen molar-refractivity contribution >= 4 is 28.5 Å². The zero-order valence-corrected chi connectivity index (χ0v) is 14.4. The highest BCUT2D eigenvalue weighted by atomic mass is 32.1. The van der Waals surface area contributed by atoms with Gasteiger partial charge in [0.15, 0.2) is 0 Å². The van der Waals surface area contributed by atoms with Crippen LogP contribution >= 0.6 is 11.3 Å². The highest BCUT2D eigenvalue weighted by Crippen LogP contribution is 2.42. The van der Waals surface area contributed by atoms with Crippen LogP contribution in [0, 0.1) is 0 Å². The molecule has 1 aromatic heterocycles. The zero-order valence-electron chi connectivity index (χ0n) is 13.6. The van der Waals surface area contributed by atoms with Gasteiger partial charge in [-0.15, -0.1) is 10.2 Å². The number of hydrogen-bond donors (Lipinski definition) is 1. The predicted octanol–water partition coefficient (Wildman–Crippen LogP) is 4.73. The fraction of sp³-hybridized carbons (Fsp3) is 0.150. The Bertz CT molecular complexity index is 913. The van der Waals surface area contributed by atoms with Crippen LogP contribution in [0.3, 0.4) is 0 Å². The summed E-state index contributed by atoms with van der Waals surface area (Å²) in [6, 6.07) is 18.3. The van der Waals surface area contributed by atoms with Crippen molar-refractivity contribution in [2.45, 2.75) is 18.8 Å². The number of nitrogens with zero attached hydrogens (tertiary/aromatic N) is 2. The molecule has 0 saturated heterocycles. The molecule has 0 aliphatic heterocycles. The van der Waals surface area contributed by atoms with Gasteiger partial charge in [0.25, 0.3) is 0 Å². The fourth-order valence-corrected chi connectivity index (χ4v) is 3.47. The first kappa shape index (κ1) is 15.7. The van der Waals surface area contributed by atoms with Gasteiger partial charge in [0.1, 0.15) is 5.01 Å². The number of rotatable bonds is 5. The van der Waals surface area contributed by atoms with E-state index in [1.54, 1.807) is 0 Å². The Morgan fingerprint density at radius 1 is 1.04 bits per heavy atom. The summed E-state index contributed by atoms with van der Waals surface area (Å²) in [4.78, 5) is 12.1. The Balaban J connectivity index is 1.43. The first-order valence-electron chi connectivity index (χ1n) is 8.26. The minimum atomic E-state index is -0.191. The molecular formula is C20H17N3OS. The van der Waals surface area contributed by atoms with Gasteiger partial charge in [-0.05, 0) is 41.7 Å². The molecule has 1 heterocycles. The van der Waals surface area contributed by atoms with E-state index in [0.29, 0.717) is 11.0 Å². The van der Waals surface area contributed by atoms with Crippen molar-refractivity contribution in [2.75, 3.05) is 5.32 Å². The van der Waals surface area contributed by atoms with Crippen LogP contribution in [0.15, 0.2) is 60.7 Å². The summed E-state index contributed by atoms with van der Waals surface area (Å²) >= 11 is 1.47. The summed E-state index contributed by atoms with van der Waals surface area (Å²) in [6.45, 7) is 0. The van der Waals surface area contributed by atoms with Crippen molar-refractivity contribution in [1.82, 2.24) is 10.2 Å². The molecule has 1 aliphatic rings.